The quantitative estimate of drug-likeness (QED) is 0.754. The van der Waals surface area contributed by atoms with E-state index in [2.05, 4.69) is 40.9 Å². The van der Waals surface area contributed by atoms with Crippen molar-refractivity contribution in [3.8, 4) is 0 Å². The molecular formula is C16H24ClIN2O. The molecule has 1 N–H and O–H groups in total. The Morgan fingerprint density at radius 3 is 2.67 bits per heavy atom. The first kappa shape index (κ1) is 18.7. The number of piperidine rings is 1. The number of halogens is 2. The lowest BCUT2D eigenvalue weighted by molar-refractivity contribution is 0.0689. The Labute approximate surface area is 147 Å². The van der Waals surface area contributed by atoms with Crippen LogP contribution in [0.3, 0.4) is 0 Å². The average molecular weight is 423 g/mol. The van der Waals surface area contributed by atoms with Crippen LogP contribution in [-0.2, 0) is 0 Å². The SMILES string of the molecule is CCNCC1CCN(C(=O)c2cccc(I)c2C)CC1.Cl. The monoisotopic (exact) mass is 422 g/mol. The van der Waals surface area contributed by atoms with Crippen molar-refractivity contribution in [1.29, 1.82) is 0 Å². The van der Waals surface area contributed by atoms with Gasteiger partial charge in [0.15, 0.2) is 0 Å². The lowest BCUT2D eigenvalue weighted by Gasteiger charge is -2.32. The summed E-state index contributed by atoms with van der Waals surface area (Å²) in [6.07, 6.45) is 2.23. The van der Waals surface area contributed by atoms with E-state index in [0.717, 1.165) is 59.6 Å². The second kappa shape index (κ2) is 8.96. The summed E-state index contributed by atoms with van der Waals surface area (Å²) in [5, 5.41) is 3.41. The molecule has 1 aromatic carbocycles. The van der Waals surface area contributed by atoms with E-state index in [1.807, 2.05) is 24.0 Å². The largest absolute Gasteiger partial charge is 0.339 e. The zero-order chi connectivity index (χ0) is 14.5. The normalized spacial score (nSPS) is 15.7. The van der Waals surface area contributed by atoms with E-state index in [1.165, 1.54) is 0 Å². The van der Waals surface area contributed by atoms with Gasteiger partial charge >= 0.3 is 0 Å². The summed E-state index contributed by atoms with van der Waals surface area (Å²) in [4.78, 5) is 14.6. The van der Waals surface area contributed by atoms with Gasteiger partial charge in [-0.2, -0.15) is 0 Å². The number of hydrogen-bond acceptors (Lipinski definition) is 2. The third kappa shape index (κ3) is 4.83. The highest BCUT2D eigenvalue weighted by Gasteiger charge is 2.24. The number of rotatable bonds is 4. The molecular weight excluding hydrogens is 399 g/mol. The Bertz CT molecular complexity index is 473. The van der Waals surface area contributed by atoms with Crippen LogP contribution >= 0.6 is 35.0 Å². The maximum atomic E-state index is 12.6. The molecule has 0 radical (unpaired) electrons. The first-order valence-corrected chi connectivity index (χ1v) is 8.46. The molecule has 5 heteroatoms. The summed E-state index contributed by atoms with van der Waals surface area (Å²) in [7, 11) is 0. The zero-order valence-corrected chi connectivity index (χ0v) is 15.7. The number of nitrogens with one attached hydrogen (secondary N) is 1. The molecule has 0 spiro atoms. The van der Waals surface area contributed by atoms with E-state index in [1.54, 1.807) is 0 Å². The molecule has 0 atom stereocenters. The molecule has 1 aliphatic rings. The van der Waals surface area contributed by atoms with E-state index in [-0.39, 0.29) is 18.3 Å². The van der Waals surface area contributed by atoms with Gasteiger partial charge in [-0.05, 0) is 79.1 Å². The number of carbonyl (C=O) groups is 1. The van der Waals surface area contributed by atoms with Crippen LogP contribution in [0.5, 0.6) is 0 Å². The summed E-state index contributed by atoms with van der Waals surface area (Å²) >= 11 is 2.29. The molecule has 1 heterocycles. The van der Waals surface area contributed by atoms with E-state index >= 15 is 0 Å². The Hall–Kier alpha value is -0.330. The molecule has 1 aromatic rings. The highest BCUT2D eigenvalue weighted by atomic mass is 127. The van der Waals surface area contributed by atoms with Gasteiger partial charge in [-0.15, -0.1) is 12.4 Å². The van der Waals surface area contributed by atoms with Crippen LogP contribution in [0.4, 0.5) is 0 Å². The zero-order valence-electron chi connectivity index (χ0n) is 12.7. The fraction of sp³-hybridized carbons (Fsp3) is 0.562. The van der Waals surface area contributed by atoms with Gasteiger partial charge in [0, 0.05) is 22.2 Å². The number of hydrogen-bond donors (Lipinski definition) is 1. The number of likely N-dealkylation sites (tertiary alicyclic amines) is 1. The molecule has 0 bridgehead atoms. The van der Waals surface area contributed by atoms with E-state index < -0.39 is 0 Å². The highest BCUT2D eigenvalue weighted by molar-refractivity contribution is 14.1. The van der Waals surface area contributed by atoms with Crippen molar-refractivity contribution in [2.75, 3.05) is 26.2 Å². The Morgan fingerprint density at radius 1 is 1.38 bits per heavy atom. The number of amides is 1. The fourth-order valence-corrected chi connectivity index (χ4v) is 3.20. The van der Waals surface area contributed by atoms with Gasteiger partial charge in [-0.25, -0.2) is 0 Å². The summed E-state index contributed by atoms with van der Waals surface area (Å²) < 4.78 is 1.16. The third-order valence-electron chi connectivity index (χ3n) is 4.08. The number of benzene rings is 1. The third-order valence-corrected chi connectivity index (χ3v) is 5.25. The van der Waals surface area contributed by atoms with Gasteiger partial charge in [0.05, 0.1) is 0 Å². The second-order valence-electron chi connectivity index (χ2n) is 5.46. The minimum absolute atomic E-state index is 0. The molecule has 1 aliphatic heterocycles. The Morgan fingerprint density at radius 2 is 2.05 bits per heavy atom. The molecule has 0 unspecified atom stereocenters. The first-order valence-electron chi connectivity index (χ1n) is 7.38. The van der Waals surface area contributed by atoms with Gasteiger partial charge in [0.2, 0.25) is 0 Å². The van der Waals surface area contributed by atoms with E-state index in [4.69, 9.17) is 0 Å². The number of carbonyl (C=O) groups excluding carboxylic acids is 1. The van der Waals surface area contributed by atoms with Crippen molar-refractivity contribution in [3.05, 3.63) is 32.9 Å². The average Bonchev–Trinajstić information content (AvgIpc) is 2.48. The van der Waals surface area contributed by atoms with Crippen molar-refractivity contribution in [2.45, 2.75) is 26.7 Å². The molecule has 21 heavy (non-hydrogen) atoms. The number of nitrogens with zero attached hydrogens (tertiary/aromatic N) is 1. The van der Waals surface area contributed by atoms with Crippen LogP contribution in [0.15, 0.2) is 18.2 Å². The van der Waals surface area contributed by atoms with Crippen LogP contribution in [-0.4, -0.2) is 37.0 Å². The van der Waals surface area contributed by atoms with Crippen LogP contribution in [0.2, 0.25) is 0 Å². The summed E-state index contributed by atoms with van der Waals surface area (Å²) in [6.45, 7) is 8.06. The molecule has 1 amide bonds. The van der Waals surface area contributed by atoms with Crippen LogP contribution in [0.25, 0.3) is 0 Å². The lowest BCUT2D eigenvalue weighted by atomic mass is 9.96. The van der Waals surface area contributed by atoms with Crippen LogP contribution in [0, 0.1) is 16.4 Å². The first-order chi connectivity index (χ1) is 9.63. The molecule has 0 aliphatic carbocycles. The van der Waals surface area contributed by atoms with Gasteiger partial charge in [0.25, 0.3) is 5.91 Å². The van der Waals surface area contributed by atoms with Crippen molar-refractivity contribution in [2.24, 2.45) is 5.92 Å². The smallest absolute Gasteiger partial charge is 0.254 e. The molecule has 1 fully saturated rings. The standard InChI is InChI=1S/C16H23IN2O.ClH/c1-3-18-11-13-7-9-19(10-8-13)16(20)14-5-4-6-15(17)12(14)2;/h4-6,13,18H,3,7-11H2,1-2H3;1H. The minimum atomic E-state index is 0. The fourth-order valence-electron chi connectivity index (χ4n) is 2.70. The van der Waals surface area contributed by atoms with Gasteiger partial charge < -0.3 is 10.2 Å². The van der Waals surface area contributed by atoms with Gasteiger partial charge in [-0.1, -0.05) is 13.0 Å². The van der Waals surface area contributed by atoms with Crippen LogP contribution < -0.4 is 5.32 Å². The second-order valence-corrected chi connectivity index (χ2v) is 6.62. The summed E-state index contributed by atoms with van der Waals surface area (Å²) in [5.74, 6) is 0.916. The topological polar surface area (TPSA) is 32.3 Å². The van der Waals surface area contributed by atoms with Crippen molar-refractivity contribution >= 4 is 40.9 Å². The summed E-state index contributed by atoms with van der Waals surface area (Å²) in [5.41, 5.74) is 1.97. The molecule has 1 saturated heterocycles. The van der Waals surface area contributed by atoms with Crippen molar-refractivity contribution in [3.63, 3.8) is 0 Å². The predicted molar refractivity (Wildman–Crippen MR) is 98.3 cm³/mol. The Kier molecular flexibility index (Phi) is 7.98. The van der Waals surface area contributed by atoms with Gasteiger partial charge in [0.1, 0.15) is 0 Å². The van der Waals surface area contributed by atoms with Gasteiger partial charge in [-0.3, -0.25) is 4.79 Å². The summed E-state index contributed by atoms with van der Waals surface area (Å²) in [6, 6.07) is 5.97. The van der Waals surface area contributed by atoms with E-state index in [9.17, 15) is 4.79 Å². The van der Waals surface area contributed by atoms with Crippen molar-refractivity contribution in [1.82, 2.24) is 10.2 Å². The molecule has 3 nitrogen and oxygen atoms in total. The van der Waals surface area contributed by atoms with Crippen molar-refractivity contribution < 1.29 is 4.79 Å². The highest BCUT2D eigenvalue weighted by Crippen LogP contribution is 2.21. The lowest BCUT2D eigenvalue weighted by Crippen LogP contribution is -2.41. The van der Waals surface area contributed by atoms with Crippen LogP contribution in [0.1, 0.15) is 35.7 Å². The maximum absolute atomic E-state index is 12.6. The van der Waals surface area contributed by atoms with E-state index in [0.29, 0.717) is 0 Å². The molecule has 118 valence electrons. The molecule has 0 saturated carbocycles. The Balaban J connectivity index is 0.00000220. The molecule has 2 rings (SSSR count). The predicted octanol–water partition coefficient (Wildman–Crippen LogP) is 3.48. The minimum Gasteiger partial charge on any atom is -0.339 e. The maximum Gasteiger partial charge on any atom is 0.254 e. The molecule has 0 aromatic heterocycles.